The van der Waals surface area contributed by atoms with E-state index < -0.39 is 0 Å². The number of benzene rings is 1. The fourth-order valence-corrected chi connectivity index (χ4v) is 2.56. The molecule has 1 aliphatic heterocycles. The van der Waals surface area contributed by atoms with Crippen molar-refractivity contribution in [2.45, 2.75) is 18.9 Å². The van der Waals surface area contributed by atoms with Crippen LogP contribution in [0.1, 0.15) is 23.5 Å². The molecule has 2 heterocycles. The van der Waals surface area contributed by atoms with Gasteiger partial charge in [-0.15, -0.1) is 0 Å². The van der Waals surface area contributed by atoms with E-state index in [2.05, 4.69) is 9.97 Å². The molecule has 0 radical (unpaired) electrons. The minimum Gasteiger partial charge on any atom is -0.490 e. The summed E-state index contributed by atoms with van der Waals surface area (Å²) >= 11 is 5.86. The van der Waals surface area contributed by atoms with Crippen LogP contribution in [0.15, 0.2) is 42.7 Å². The summed E-state index contributed by atoms with van der Waals surface area (Å²) in [5.41, 5.74) is 0. The number of nitrogens with zero attached hydrogens (tertiary/aromatic N) is 3. The lowest BCUT2D eigenvalue weighted by atomic mass is 10.1. The van der Waals surface area contributed by atoms with Crippen molar-refractivity contribution < 1.29 is 9.53 Å². The summed E-state index contributed by atoms with van der Waals surface area (Å²) in [6.07, 6.45) is 4.86. The normalized spacial score (nSPS) is 15.6. The number of rotatable bonds is 3. The van der Waals surface area contributed by atoms with Crippen molar-refractivity contribution in [3.63, 3.8) is 0 Å². The number of hydrogen-bond acceptors (Lipinski definition) is 4. The van der Waals surface area contributed by atoms with Gasteiger partial charge in [0.25, 0.3) is 5.91 Å². The maximum absolute atomic E-state index is 12.2. The van der Waals surface area contributed by atoms with Gasteiger partial charge in [0.15, 0.2) is 0 Å². The van der Waals surface area contributed by atoms with E-state index in [0.29, 0.717) is 18.1 Å². The minimum atomic E-state index is -0.120. The van der Waals surface area contributed by atoms with E-state index in [4.69, 9.17) is 16.3 Å². The van der Waals surface area contributed by atoms with Gasteiger partial charge in [0, 0.05) is 43.3 Å². The lowest BCUT2D eigenvalue weighted by Gasteiger charge is -2.31. The fourth-order valence-electron chi connectivity index (χ4n) is 2.43. The zero-order valence-corrected chi connectivity index (χ0v) is 12.7. The molecular weight excluding hydrogens is 302 g/mol. The monoisotopic (exact) mass is 317 g/mol. The molecule has 114 valence electrons. The first kappa shape index (κ1) is 14.8. The summed E-state index contributed by atoms with van der Waals surface area (Å²) in [5.74, 6) is 0.936. The van der Waals surface area contributed by atoms with Crippen molar-refractivity contribution in [1.29, 1.82) is 0 Å². The van der Waals surface area contributed by atoms with Gasteiger partial charge in [-0.25, -0.2) is 9.97 Å². The molecule has 1 aromatic heterocycles. The molecule has 2 aromatic rings. The zero-order valence-electron chi connectivity index (χ0n) is 12.0. The Morgan fingerprint density at radius 3 is 2.41 bits per heavy atom. The second-order valence-corrected chi connectivity index (χ2v) is 5.57. The van der Waals surface area contributed by atoms with Crippen LogP contribution in [0.4, 0.5) is 0 Å². The van der Waals surface area contributed by atoms with Crippen LogP contribution in [0.3, 0.4) is 0 Å². The number of halogens is 1. The van der Waals surface area contributed by atoms with Crippen LogP contribution >= 0.6 is 11.6 Å². The van der Waals surface area contributed by atoms with E-state index >= 15 is 0 Å². The highest BCUT2D eigenvalue weighted by molar-refractivity contribution is 6.30. The summed E-state index contributed by atoms with van der Waals surface area (Å²) in [6.45, 7) is 1.30. The van der Waals surface area contributed by atoms with Crippen LogP contribution in [0.25, 0.3) is 0 Å². The fraction of sp³-hybridized carbons (Fsp3) is 0.312. The molecule has 3 rings (SSSR count). The van der Waals surface area contributed by atoms with Crippen LogP contribution in [-0.2, 0) is 0 Å². The summed E-state index contributed by atoms with van der Waals surface area (Å²) in [5, 5.41) is 0.690. The molecule has 0 aliphatic carbocycles. The Labute approximate surface area is 133 Å². The van der Waals surface area contributed by atoms with E-state index in [1.54, 1.807) is 23.4 Å². The maximum Gasteiger partial charge on any atom is 0.291 e. The van der Waals surface area contributed by atoms with E-state index in [9.17, 15) is 4.79 Å². The third-order valence-corrected chi connectivity index (χ3v) is 3.85. The first-order valence-electron chi connectivity index (χ1n) is 7.21. The SMILES string of the molecule is O=C(c1ncccn1)N1CCC(Oc2ccc(Cl)cc2)CC1. The number of piperidine rings is 1. The van der Waals surface area contributed by atoms with Gasteiger partial charge in [0.2, 0.25) is 5.82 Å². The molecule has 0 spiro atoms. The van der Waals surface area contributed by atoms with Gasteiger partial charge in [0.05, 0.1) is 0 Å². The summed E-state index contributed by atoms with van der Waals surface area (Å²) in [7, 11) is 0. The number of aromatic nitrogens is 2. The predicted octanol–water partition coefficient (Wildman–Crippen LogP) is 2.81. The molecule has 0 unspecified atom stereocenters. The number of ether oxygens (including phenoxy) is 1. The number of hydrogen-bond donors (Lipinski definition) is 0. The Morgan fingerprint density at radius 2 is 1.77 bits per heavy atom. The molecule has 1 aliphatic rings. The van der Waals surface area contributed by atoms with Crippen molar-refractivity contribution in [1.82, 2.24) is 14.9 Å². The Morgan fingerprint density at radius 1 is 1.14 bits per heavy atom. The van der Waals surface area contributed by atoms with E-state index in [-0.39, 0.29) is 17.8 Å². The highest BCUT2D eigenvalue weighted by Gasteiger charge is 2.25. The molecule has 0 N–H and O–H groups in total. The van der Waals surface area contributed by atoms with Crippen molar-refractivity contribution in [3.8, 4) is 5.75 Å². The summed E-state index contributed by atoms with van der Waals surface area (Å²) in [4.78, 5) is 22.0. The molecular formula is C16H16ClN3O2. The van der Waals surface area contributed by atoms with Gasteiger partial charge < -0.3 is 9.64 Å². The first-order valence-corrected chi connectivity index (χ1v) is 7.59. The van der Waals surface area contributed by atoms with Gasteiger partial charge in [-0.3, -0.25) is 4.79 Å². The smallest absolute Gasteiger partial charge is 0.291 e. The highest BCUT2D eigenvalue weighted by atomic mass is 35.5. The maximum atomic E-state index is 12.2. The van der Waals surface area contributed by atoms with Gasteiger partial charge in [-0.1, -0.05) is 11.6 Å². The van der Waals surface area contributed by atoms with Crippen LogP contribution in [0, 0.1) is 0 Å². The molecule has 1 fully saturated rings. The van der Waals surface area contributed by atoms with Crippen LogP contribution in [0.5, 0.6) is 5.75 Å². The van der Waals surface area contributed by atoms with E-state index in [1.807, 2.05) is 24.3 Å². The van der Waals surface area contributed by atoms with Gasteiger partial charge in [-0.2, -0.15) is 0 Å². The molecule has 0 saturated carbocycles. The second kappa shape index (κ2) is 6.75. The highest BCUT2D eigenvalue weighted by Crippen LogP contribution is 2.21. The summed E-state index contributed by atoms with van der Waals surface area (Å²) in [6, 6.07) is 9.03. The molecule has 0 atom stereocenters. The molecule has 1 aromatic carbocycles. The molecule has 22 heavy (non-hydrogen) atoms. The van der Waals surface area contributed by atoms with Crippen molar-refractivity contribution >= 4 is 17.5 Å². The van der Waals surface area contributed by atoms with Crippen LogP contribution < -0.4 is 4.74 Å². The zero-order chi connectivity index (χ0) is 15.4. The van der Waals surface area contributed by atoms with Gasteiger partial charge in [0.1, 0.15) is 11.9 Å². The molecule has 1 saturated heterocycles. The molecule has 0 bridgehead atoms. The Kier molecular flexibility index (Phi) is 4.53. The Hall–Kier alpha value is -2.14. The van der Waals surface area contributed by atoms with Crippen molar-refractivity contribution in [2.75, 3.05) is 13.1 Å². The molecule has 5 nitrogen and oxygen atoms in total. The third kappa shape index (κ3) is 3.54. The van der Waals surface area contributed by atoms with E-state index in [1.165, 1.54) is 0 Å². The molecule has 6 heteroatoms. The largest absolute Gasteiger partial charge is 0.490 e. The number of likely N-dealkylation sites (tertiary alicyclic amines) is 1. The lowest BCUT2D eigenvalue weighted by molar-refractivity contribution is 0.0584. The topological polar surface area (TPSA) is 55.3 Å². The van der Waals surface area contributed by atoms with Crippen molar-refractivity contribution in [2.24, 2.45) is 0 Å². The predicted molar refractivity (Wildman–Crippen MR) is 83.0 cm³/mol. The Bertz CT molecular complexity index is 626. The summed E-state index contributed by atoms with van der Waals surface area (Å²) < 4.78 is 5.92. The van der Waals surface area contributed by atoms with E-state index in [0.717, 1.165) is 18.6 Å². The average molecular weight is 318 g/mol. The number of carbonyl (C=O) groups excluding carboxylic acids is 1. The number of amides is 1. The van der Waals surface area contributed by atoms with Gasteiger partial charge in [-0.05, 0) is 30.3 Å². The third-order valence-electron chi connectivity index (χ3n) is 3.60. The quantitative estimate of drug-likeness (QED) is 0.873. The number of carbonyl (C=O) groups is 1. The molecule has 1 amide bonds. The minimum absolute atomic E-state index is 0.113. The van der Waals surface area contributed by atoms with Crippen molar-refractivity contribution in [3.05, 3.63) is 53.6 Å². The van der Waals surface area contributed by atoms with Crippen LogP contribution in [-0.4, -0.2) is 40.0 Å². The Balaban J connectivity index is 1.54. The van der Waals surface area contributed by atoms with Crippen LogP contribution in [0.2, 0.25) is 5.02 Å². The van der Waals surface area contributed by atoms with Gasteiger partial charge >= 0.3 is 0 Å². The second-order valence-electron chi connectivity index (χ2n) is 5.14. The lowest BCUT2D eigenvalue weighted by Crippen LogP contribution is -2.42. The first-order chi connectivity index (χ1) is 10.7. The standard InChI is InChI=1S/C16H16ClN3O2/c17-12-2-4-13(5-3-12)22-14-6-10-20(11-7-14)16(21)15-18-8-1-9-19-15/h1-5,8-9,14H,6-7,10-11H2. The average Bonchev–Trinajstić information content (AvgIpc) is 2.58.